The van der Waals surface area contributed by atoms with Crippen molar-refractivity contribution in [3.63, 3.8) is 0 Å². The molecule has 0 aliphatic carbocycles. The summed E-state index contributed by atoms with van der Waals surface area (Å²) in [5.74, 6) is 0. The second-order valence-electron chi connectivity index (χ2n) is 1.29. The molecule has 42 valence electrons. The molecular formula is C5H10IN. The minimum absolute atomic E-state index is 1.09. The van der Waals surface area contributed by atoms with Crippen molar-refractivity contribution in [3.8, 4) is 0 Å². The molecule has 0 atom stereocenters. The summed E-state index contributed by atoms with van der Waals surface area (Å²) in [7, 11) is 1.93. The van der Waals surface area contributed by atoms with E-state index >= 15 is 0 Å². The zero-order valence-electron chi connectivity index (χ0n) is 4.66. The Bertz CT molecular complexity index is 68.5. The van der Waals surface area contributed by atoms with Crippen LogP contribution in [-0.2, 0) is 0 Å². The van der Waals surface area contributed by atoms with Gasteiger partial charge in [0.2, 0.25) is 0 Å². The lowest BCUT2D eigenvalue weighted by Crippen LogP contribution is -2.00. The second kappa shape index (κ2) is 4.43. The van der Waals surface area contributed by atoms with Crippen LogP contribution < -0.4 is 5.32 Å². The number of rotatable bonds is 2. The third kappa shape index (κ3) is 4.12. The fourth-order valence-corrected chi connectivity index (χ4v) is 0.878. The number of alkyl halides is 1. The van der Waals surface area contributed by atoms with Crippen molar-refractivity contribution >= 4 is 22.6 Å². The first-order chi connectivity index (χ1) is 3.31. The van der Waals surface area contributed by atoms with Crippen molar-refractivity contribution in [2.45, 2.75) is 6.92 Å². The zero-order valence-corrected chi connectivity index (χ0v) is 6.82. The lowest BCUT2D eigenvalue weighted by Gasteiger charge is -1.93. The van der Waals surface area contributed by atoms with Crippen LogP contribution in [0.25, 0.3) is 0 Å². The van der Waals surface area contributed by atoms with Crippen LogP contribution in [0, 0.1) is 0 Å². The molecule has 0 bridgehead atoms. The van der Waals surface area contributed by atoms with Gasteiger partial charge in [-0.1, -0.05) is 28.7 Å². The van der Waals surface area contributed by atoms with E-state index in [0.29, 0.717) is 0 Å². The molecule has 0 saturated heterocycles. The first-order valence-corrected chi connectivity index (χ1v) is 3.74. The monoisotopic (exact) mass is 211 g/mol. The molecule has 0 aromatic heterocycles. The van der Waals surface area contributed by atoms with E-state index in [9.17, 15) is 0 Å². The smallest absolute Gasteiger partial charge is 0.0195 e. The van der Waals surface area contributed by atoms with Gasteiger partial charge in [-0.15, -0.1) is 0 Å². The Morgan fingerprint density at radius 2 is 2.43 bits per heavy atom. The molecule has 1 N–H and O–H groups in total. The summed E-state index contributed by atoms with van der Waals surface area (Å²) in [4.78, 5) is 0. The van der Waals surface area contributed by atoms with Gasteiger partial charge in [-0.25, -0.2) is 0 Å². The fourth-order valence-electron chi connectivity index (χ4n) is 0.218. The van der Waals surface area contributed by atoms with Crippen molar-refractivity contribution in [2.75, 3.05) is 11.5 Å². The number of nitrogens with one attached hydrogen (secondary N) is 1. The highest BCUT2D eigenvalue weighted by atomic mass is 127. The van der Waals surface area contributed by atoms with Gasteiger partial charge in [0.15, 0.2) is 0 Å². The Hall–Kier alpha value is 0.270. The highest BCUT2D eigenvalue weighted by Gasteiger charge is 1.74. The standard InChI is InChI=1S/C5H10IN/c1-5(7-2)3-4-6/h3,7H,4H2,1-2H3/b5-3+. The van der Waals surface area contributed by atoms with Gasteiger partial charge >= 0.3 is 0 Å². The van der Waals surface area contributed by atoms with Crippen molar-refractivity contribution in [1.82, 2.24) is 5.32 Å². The first kappa shape index (κ1) is 7.27. The average molecular weight is 211 g/mol. The van der Waals surface area contributed by atoms with Crippen LogP contribution in [0.1, 0.15) is 6.92 Å². The van der Waals surface area contributed by atoms with E-state index in [1.54, 1.807) is 0 Å². The molecule has 0 aromatic rings. The van der Waals surface area contributed by atoms with E-state index in [-0.39, 0.29) is 0 Å². The van der Waals surface area contributed by atoms with Crippen LogP contribution in [0.5, 0.6) is 0 Å². The quantitative estimate of drug-likeness (QED) is 0.539. The molecule has 0 aliphatic rings. The average Bonchev–Trinajstić information content (AvgIpc) is 1.68. The highest BCUT2D eigenvalue weighted by molar-refractivity contribution is 14.1. The molecule has 2 heteroatoms. The van der Waals surface area contributed by atoms with Gasteiger partial charge in [-0.05, 0) is 6.92 Å². The summed E-state index contributed by atoms with van der Waals surface area (Å²) in [5.41, 5.74) is 1.24. The van der Waals surface area contributed by atoms with Crippen LogP contribution in [0.4, 0.5) is 0 Å². The number of hydrogen-bond donors (Lipinski definition) is 1. The topological polar surface area (TPSA) is 12.0 Å². The number of hydrogen-bond acceptors (Lipinski definition) is 1. The van der Waals surface area contributed by atoms with Crippen LogP contribution in [0.15, 0.2) is 11.8 Å². The number of halogens is 1. The third-order valence-electron chi connectivity index (χ3n) is 0.778. The zero-order chi connectivity index (χ0) is 5.70. The predicted molar refractivity (Wildman–Crippen MR) is 41.7 cm³/mol. The molecule has 0 fully saturated rings. The molecule has 0 unspecified atom stereocenters. The minimum atomic E-state index is 1.09. The molecule has 0 rings (SSSR count). The maximum atomic E-state index is 3.02. The molecule has 0 spiro atoms. The van der Waals surface area contributed by atoms with Gasteiger partial charge in [0, 0.05) is 17.2 Å². The summed E-state index contributed by atoms with van der Waals surface area (Å²) >= 11 is 2.31. The largest absolute Gasteiger partial charge is 0.392 e. The Kier molecular flexibility index (Phi) is 4.60. The van der Waals surface area contributed by atoms with Crippen molar-refractivity contribution in [2.24, 2.45) is 0 Å². The van der Waals surface area contributed by atoms with Gasteiger partial charge in [0.05, 0.1) is 0 Å². The van der Waals surface area contributed by atoms with Crippen molar-refractivity contribution < 1.29 is 0 Å². The van der Waals surface area contributed by atoms with Gasteiger partial charge < -0.3 is 5.32 Å². The van der Waals surface area contributed by atoms with Crippen LogP contribution in [-0.4, -0.2) is 11.5 Å². The number of allylic oxidation sites excluding steroid dienone is 2. The van der Waals surface area contributed by atoms with E-state index in [4.69, 9.17) is 0 Å². The summed E-state index contributed by atoms with van der Waals surface area (Å²) in [5, 5.41) is 3.02. The second-order valence-corrected chi connectivity index (χ2v) is 2.17. The van der Waals surface area contributed by atoms with Crippen molar-refractivity contribution in [3.05, 3.63) is 11.8 Å². The summed E-state index contributed by atoms with van der Waals surface area (Å²) in [6.45, 7) is 2.05. The van der Waals surface area contributed by atoms with E-state index in [0.717, 1.165) is 4.43 Å². The van der Waals surface area contributed by atoms with E-state index in [1.807, 2.05) is 7.05 Å². The summed E-state index contributed by atoms with van der Waals surface area (Å²) in [6, 6.07) is 0. The molecular weight excluding hydrogens is 201 g/mol. The third-order valence-corrected chi connectivity index (χ3v) is 1.22. The molecule has 0 aromatic carbocycles. The fraction of sp³-hybridized carbons (Fsp3) is 0.600. The SMILES string of the molecule is CN/C(C)=C/CI. The van der Waals surface area contributed by atoms with Crippen LogP contribution >= 0.6 is 22.6 Å². The van der Waals surface area contributed by atoms with E-state index < -0.39 is 0 Å². The molecule has 7 heavy (non-hydrogen) atoms. The maximum absolute atomic E-state index is 3.02. The first-order valence-electron chi connectivity index (χ1n) is 2.21. The molecule has 0 heterocycles. The van der Waals surface area contributed by atoms with E-state index in [1.165, 1.54) is 5.70 Å². The van der Waals surface area contributed by atoms with Gasteiger partial charge in [-0.2, -0.15) is 0 Å². The Morgan fingerprint density at radius 1 is 1.86 bits per heavy atom. The van der Waals surface area contributed by atoms with Crippen LogP contribution in [0.3, 0.4) is 0 Å². The Labute approximate surface area is 58.3 Å². The Morgan fingerprint density at radius 3 is 2.57 bits per heavy atom. The minimum Gasteiger partial charge on any atom is -0.392 e. The van der Waals surface area contributed by atoms with Gasteiger partial charge in [-0.3, -0.25) is 0 Å². The predicted octanol–water partition coefficient (Wildman–Crippen LogP) is 1.54. The normalized spacial score (nSPS) is 11.6. The lowest BCUT2D eigenvalue weighted by atomic mass is 10.5. The lowest BCUT2D eigenvalue weighted by molar-refractivity contribution is 0.987. The highest BCUT2D eigenvalue weighted by Crippen LogP contribution is 1.87. The van der Waals surface area contributed by atoms with E-state index in [2.05, 4.69) is 40.9 Å². The molecule has 0 saturated carbocycles. The Balaban J connectivity index is 3.29. The van der Waals surface area contributed by atoms with Crippen LogP contribution in [0.2, 0.25) is 0 Å². The molecule has 0 amide bonds. The molecule has 1 nitrogen and oxygen atoms in total. The summed E-state index contributed by atoms with van der Waals surface area (Å²) in [6.07, 6.45) is 2.14. The summed E-state index contributed by atoms with van der Waals surface area (Å²) < 4.78 is 1.09. The maximum Gasteiger partial charge on any atom is 0.0195 e. The van der Waals surface area contributed by atoms with Gasteiger partial charge in [0.1, 0.15) is 0 Å². The van der Waals surface area contributed by atoms with Gasteiger partial charge in [0.25, 0.3) is 0 Å². The van der Waals surface area contributed by atoms with Crippen molar-refractivity contribution in [1.29, 1.82) is 0 Å². The molecule has 0 aliphatic heterocycles. The molecule has 0 radical (unpaired) electrons.